The van der Waals surface area contributed by atoms with Crippen molar-refractivity contribution in [3.8, 4) is 22.6 Å². The van der Waals surface area contributed by atoms with Crippen molar-refractivity contribution in [3.63, 3.8) is 0 Å². The van der Waals surface area contributed by atoms with Gasteiger partial charge in [0.2, 0.25) is 5.82 Å². The van der Waals surface area contributed by atoms with E-state index in [1.54, 1.807) is 48.5 Å². The molecular weight excluding hydrogens is 492 g/mol. The number of hydrogen-bond acceptors (Lipinski definition) is 2. The van der Waals surface area contributed by atoms with Gasteiger partial charge in [0.1, 0.15) is 5.75 Å². The van der Waals surface area contributed by atoms with E-state index in [4.69, 9.17) is 9.47 Å². The minimum atomic E-state index is -0.988. The molecule has 2 nitrogen and oxygen atoms in total. The van der Waals surface area contributed by atoms with Crippen molar-refractivity contribution in [2.75, 3.05) is 13.2 Å². The number of unbranched alkanes of at least 4 members (excludes halogenated alkanes) is 1. The topological polar surface area (TPSA) is 18.5 Å². The maximum atomic E-state index is 15.2. The SMILES string of the molecule is C=CCCOc1ccc(C2CCC(c3ccc(-c4ccc(OCCCC)cc4)c(F)c3F)CC2)c(F)c1F. The van der Waals surface area contributed by atoms with E-state index in [0.717, 1.165) is 12.8 Å². The Kier molecular flexibility index (Phi) is 9.48. The molecule has 0 atom stereocenters. The van der Waals surface area contributed by atoms with Crippen molar-refractivity contribution < 1.29 is 27.0 Å². The molecule has 38 heavy (non-hydrogen) atoms. The Bertz CT molecular complexity index is 1230. The molecule has 1 aliphatic rings. The second-order valence-corrected chi connectivity index (χ2v) is 9.81. The maximum Gasteiger partial charge on any atom is 0.200 e. The fourth-order valence-electron chi connectivity index (χ4n) is 5.11. The van der Waals surface area contributed by atoms with Crippen LogP contribution >= 0.6 is 0 Å². The molecule has 202 valence electrons. The molecule has 0 N–H and O–H groups in total. The fourth-order valence-corrected chi connectivity index (χ4v) is 5.11. The highest BCUT2D eigenvalue weighted by molar-refractivity contribution is 5.65. The molecule has 6 heteroatoms. The van der Waals surface area contributed by atoms with Gasteiger partial charge in [-0.25, -0.2) is 13.2 Å². The Hall–Kier alpha value is -3.28. The quantitative estimate of drug-likeness (QED) is 0.141. The molecule has 0 amide bonds. The van der Waals surface area contributed by atoms with Crippen LogP contribution in [0, 0.1) is 23.3 Å². The molecular formula is C32H34F4O2. The Balaban J connectivity index is 1.42. The van der Waals surface area contributed by atoms with E-state index in [1.165, 1.54) is 6.07 Å². The minimum absolute atomic E-state index is 0.113. The third-order valence-electron chi connectivity index (χ3n) is 7.31. The molecule has 0 unspecified atom stereocenters. The van der Waals surface area contributed by atoms with Crippen LogP contribution in [0.4, 0.5) is 17.6 Å². The predicted molar refractivity (Wildman–Crippen MR) is 143 cm³/mol. The lowest BCUT2D eigenvalue weighted by Gasteiger charge is -2.30. The van der Waals surface area contributed by atoms with Crippen LogP contribution in [0.2, 0.25) is 0 Å². The first-order chi connectivity index (χ1) is 18.4. The Labute approximate surface area is 222 Å². The number of ether oxygens (including phenoxy) is 2. The van der Waals surface area contributed by atoms with Gasteiger partial charge in [0.25, 0.3) is 0 Å². The van der Waals surface area contributed by atoms with Crippen LogP contribution in [0.3, 0.4) is 0 Å². The number of hydrogen-bond donors (Lipinski definition) is 0. The van der Waals surface area contributed by atoms with Crippen LogP contribution in [0.5, 0.6) is 11.5 Å². The van der Waals surface area contributed by atoms with E-state index in [0.29, 0.717) is 61.2 Å². The molecule has 0 aromatic heterocycles. The monoisotopic (exact) mass is 526 g/mol. The average Bonchev–Trinajstić information content (AvgIpc) is 2.94. The highest BCUT2D eigenvalue weighted by atomic mass is 19.2. The smallest absolute Gasteiger partial charge is 0.200 e. The summed E-state index contributed by atoms with van der Waals surface area (Å²) in [6.07, 6.45) is 6.39. The molecule has 0 saturated heterocycles. The molecule has 1 aliphatic carbocycles. The summed E-state index contributed by atoms with van der Waals surface area (Å²) in [6, 6.07) is 13.3. The van der Waals surface area contributed by atoms with Gasteiger partial charge in [0.05, 0.1) is 13.2 Å². The molecule has 0 radical (unpaired) electrons. The van der Waals surface area contributed by atoms with Crippen molar-refractivity contribution in [2.45, 2.75) is 63.7 Å². The third-order valence-corrected chi connectivity index (χ3v) is 7.31. The van der Waals surface area contributed by atoms with Gasteiger partial charge < -0.3 is 9.47 Å². The van der Waals surface area contributed by atoms with E-state index < -0.39 is 23.3 Å². The third kappa shape index (κ3) is 6.23. The van der Waals surface area contributed by atoms with E-state index in [9.17, 15) is 8.78 Å². The summed E-state index contributed by atoms with van der Waals surface area (Å²) in [4.78, 5) is 0. The summed E-state index contributed by atoms with van der Waals surface area (Å²) >= 11 is 0. The Morgan fingerprint density at radius 1 is 0.737 bits per heavy atom. The summed E-state index contributed by atoms with van der Waals surface area (Å²) < 4.78 is 70.6. The number of benzene rings is 3. The van der Waals surface area contributed by atoms with Gasteiger partial charge in [0.15, 0.2) is 23.2 Å². The summed E-state index contributed by atoms with van der Waals surface area (Å²) in [6.45, 7) is 6.51. The van der Waals surface area contributed by atoms with Crippen molar-refractivity contribution in [1.82, 2.24) is 0 Å². The molecule has 1 fully saturated rings. The predicted octanol–water partition coefficient (Wildman–Crippen LogP) is 9.49. The summed E-state index contributed by atoms with van der Waals surface area (Å²) in [5.41, 5.74) is 1.42. The first-order valence-corrected chi connectivity index (χ1v) is 13.4. The van der Waals surface area contributed by atoms with E-state index >= 15 is 8.78 Å². The number of halogens is 4. The zero-order chi connectivity index (χ0) is 27.1. The molecule has 4 rings (SSSR count). The van der Waals surface area contributed by atoms with Gasteiger partial charge in [-0.1, -0.05) is 49.8 Å². The van der Waals surface area contributed by atoms with Gasteiger partial charge in [-0.05, 0) is 85.3 Å². The fraction of sp³-hybridized carbons (Fsp3) is 0.375. The molecule has 1 saturated carbocycles. The summed E-state index contributed by atoms with van der Waals surface area (Å²) in [5.74, 6) is -3.38. The Morgan fingerprint density at radius 2 is 1.34 bits per heavy atom. The average molecular weight is 527 g/mol. The van der Waals surface area contributed by atoms with Crippen LogP contribution in [0.15, 0.2) is 61.2 Å². The van der Waals surface area contributed by atoms with E-state index in [1.807, 2.05) is 0 Å². The van der Waals surface area contributed by atoms with Crippen molar-refractivity contribution in [1.29, 1.82) is 0 Å². The molecule has 0 spiro atoms. The van der Waals surface area contributed by atoms with E-state index in [2.05, 4.69) is 13.5 Å². The van der Waals surface area contributed by atoms with Crippen LogP contribution in [-0.2, 0) is 0 Å². The maximum absolute atomic E-state index is 15.2. The van der Waals surface area contributed by atoms with Crippen LogP contribution in [0.25, 0.3) is 11.1 Å². The zero-order valence-corrected chi connectivity index (χ0v) is 21.8. The zero-order valence-electron chi connectivity index (χ0n) is 21.8. The highest BCUT2D eigenvalue weighted by Gasteiger charge is 2.29. The lowest BCUT2D eigenvalue weighted by Crippen LogP contribution is -2.15. The lowest BCUT2D eigenvalue weighted by molar-refractivity contribution is 0.299. The molecule has 0 bridgehead atoms. The van der Waals surface area contributed by atoms with Gasteiger partial charge in [0, 0.05) is 5.56 Å². The number of rotatable bonds is 11. The van der Waals surface area contributed by atoms with Crippen molar-refractivity contribution in [3.05, 3.63) is 95.6 Å². The normalized spacial score (nSPS) is 17.3. The van der Waals surface area contributed by atoms with Gasteiger partial charge in [-0.2, -0.15) is 4.39 Å². The Morgan fingerprint density at radius 3 is 1.95 bits per heavy atom. The molecule has 3 aromatic carbocycles. The van der Waals surface area contributed by atoms with Crippen LogP contribution < -0.4 is 9.47 Å². The second kappa shape index (κ2) is 13.0. The molecule has 0 heterocycles. The standard InChI is InChI=1S/C32H34F4O2/c1-3-5-19-37-24-13-11-23(12-14-24)26-16-15-25(29(33)30(26)34)21-7-9-22(10-8-21)27-17-18-28(32(36)31(27)35)38-20-6-4-2/h4,11-18,21-22H,2-3,5-10,19-20H2,1H3. The molecule has 0 aliphatic heterocycles. The first-order valence-electron chi connectivity index (χ1n) is 13.4. The van der Waals surface area contributed by atoms with Crippen LogP contribution in [0.1, 0.15) is 74.8 Å². The largest absolute Gasteiger partial charge is 0.494 e. The van der Waals surface area contributed by atoms with E-state index in [-0.39, 0.29) is 29.8 Å². The second-order valence-electron chi connectivity index (χ2n) is 9.81. The molecule has 3 aromatic rings. The van der Waals surface area contributed by atoms with Gasteiger partial charge >= 0.3 is 0 Å². The van der Waals surface area contributed by atoms with Crippen molar-refractivity contribution >= 4 is 0 Å². The lowest BCUT2D eigenvalue weighted by atomic mass is 9.75. The van der Waals surface area contributed by atoms with Gasteiger partial charge in [-0.3, -0.25) is 0 Å². The summed E-state index contributed by atoms with van der Waals surface area (Å²) in [5, 5.41) is 0. The highest BCUT2D eigenvalue weighted by Crippen LogP contribution is 2.43. The summed E-state index contributed by atoms with van der Waals surface area (Å²) in [7, 11) is 0. The van der Waals surface area contributed by atoms with Crippen molar-refractivity contribution in [2.24, 2.45) is 0 Å². The van der Waals surface area contributed by atoms with Gasteiger partial charge in [-0.15, -0.1) is 6.58 Å². The first kappa shape index (κ1) is 27.7. The van der Waals surface area contributed by atoms with Crippen LogP contribution in [-0.4, -0.2) is 13.2 Å². The minimum Gasteiger partial charge on any atom is -0.494 e.